The molecule has 0 aliphatic heterocycles. The minimum Gasteiger partial charge on any atom is -0.152 e. The number of thiophene rings is 2. The van der Waals surface area contributed by atoms with Crippen molar-refractivity contribution in [1.29, 1.82) is 0 Å². The molecule has 3 heteroatoms. The SMILES string of the molecule is Brc1ccsc1.c1ccsc1. The van der Waals surface area contributed by atoms with Gasteiger partial charge in [0.15, 0.2) is 0 Å². The Bertz CT molecular complexity index is 230. The van der Waals surface area contributed by atoms with Crippen LogP contribution in [0.25, 0.3) is 0 Å². The number of hydrogen-bond donors (Lipinski definition) is 0. The molecule has 58 valence electrons. The Labute approximate surface area is 82.6 Å². The van der Waals surface area contributed by atoms with Gasteiger partial charge in [0, 0.05) is 9.85 Å². The zero-order valence-electron chi connectivity index (χ0n) is 5.74. The number of rotatable bonds is 0. The molecule has 2 aromatic rings. The summed E-state index contributed by atoms with van der Waals surface area (Å²) in [4.78, 5) is 0. The minimum absolute atomic E-state index is 1.17. The maximum Gasteiger partial charge on any atom is 0.0282 e. The Morgan fingerprint density at radius 3 is 1.91 bits per heavy atom. The first kappa shape index (κ1) is 8.97. The van der Waals surface area contributed by atoms with Gasteiger partial charge in [0.2, 0.25) is 0 Å². The monoisotopic (exact) mass is 246 g/mol. The van der Waals surface area contributed by atoms with E-state index in [2.05, 4.69) is 15.9 Å². The Morgan fingerprint density at radius 1 is 1.00 bits per heavy atom. The zero-order valence-corrected chi connectivity index (χ0v) is 8.95. The molecule has 0 saturated carbocycles. The molecule has 0 aliphatic carbocycles. The fourth-order valence-electron chi connectivity index (χ4n) is 0.475. The van der Waals surface area contributed by atoms with Crippen LogP contribution < -0.4 is 0 Å². The highest BCUT2D eigenvalue weighted by atomic mass is 79.9. The van der Waals surface area contributed by atoms with Gasteiger partial charge in [-0.15, -0.1) is 0 Å². The fourth-order valence-corrected chi connectivity index (χ4v) is 2.07. The van der Waals surface area contributed by atoms with Crippen molar-refractivity contribution in [3.05, 3.63) is 44.2 Å². The topological polar surface area (TPSA) is 0 Å². The van der Waals surface area contributed by atoms with E-state index in [1.165, 1.54) is 4.47 Å². The largest absolute Gasteiger partial charge is 0.152 e. The van der Waals surface area contributed by atoms with Crippen molar-refractivity contribution in [3.63, 3.8) is 0 Å². The summed E-state index contributed by atoms with van der Waals surface area (Å²) in [5, 5.41) is 8.16. The van der Waals surface area contributed by atoms with Crippen LogP contribution in [-0.2, 0) is 0 Å². The molecule has 0 N–H and O–H groups in total. The van der Waals surface area contributed by atoms with Crippen LogP contribution in [0.1, 0.15) is 0 Å². The third-order valence-electron chi connectivity index (χ3n) is 0.912. The fraction of sp³-hybridized carbons (Fsp3) is 0. The maximum absolute atomic E-state index is 3.29. The van der Waals surface area contributed by atoms with Crippen molar-refractivity contribution < 1.29 is 0 Å². The van der Waals surface area contributed by atoms with Gasteiger partial charge in [-0.3, -0.25) is 0 Å². The third-order valence-corrected chi connectivity index (χ3v) is 3.02. The van der Waals surface area contributed by atoms with E-state index in [4.69, 9.17) is 0 Å². The van der Waals surface area contributed by atoms with Gasteiger partial charge < -0.3 is 0 Å². The Morgan fingerprint density at radius 2 is 1.73 bits per heavy atom. The van der Waals surface area contributed by atoms with Crippen molar-refractivity contribution in [2.45, 2.75) is 0 Å². The smallest absolute Gasteiger partial charge is 0.0282 e. The van der Waals surface area contributed by atoms with E-state index in [1.807, 2.05) is 39.7 Å². The standard InChI is InChI=1S/C4H3BrS.C4H4S/c5-4-1-2-6-3-4;1-2-4-5-3-1/h1-3H;1-4H. The van der Waals surface area contributed by atoms with Crippen LogP contribution in [0.4, 0.5) is 0 Å². The van der Waals surface area contributed by atoms with Crippen LogP contribution in [0.5, 0.6) is 0 Å². The molecule has 0 bridgehead atoms. The highest BCUT2D eigenvalue weighted by Crippen LogP contribution is 2.11. The first-order valence-electron chi connectivity index (χ1n) is 3.04. The van der Waals surface area contributed by atoms with E-state index in [-0.39, 0.29) is 0 Å². The van der Waals surface area contributed by atoms with E-state index in [0.717, 1.165) is 0 Å². The predicted molar refractivity (Wildman–Crippen MR) is 56.3 cm³/mol. The Balaban J connectivity index is 0.000000112. The van der Waals surface area contributed by atoms with Gasteiger partial charge in [-0.1, -0.05) is 12.1 Å². The highest BCUT2D eigenvalue weighted by Gasteiger charge is 1.77. The van der Waals surface area contributed by atoms with Gasteiger partial charge in [0.1, 0.15) is 0 Å². The van der Waals surface area contributed by atoms with E-state index in [9.17, 15) is 0 Å². The Kier molecular flexibility index (Phi) is 4.50. The predicted octanol–water partition coefficient (Wildman–Crippen LogP) is 4.26. The van der Waals surface area contributed by atoms with Crippen LogP contribution in [0.3, 0.4) is 0 Å². The van der Waals surface area contributed by atoms with Gasteiger partial charge in [-0.05, 0) is 38.1 Å². The second-order valence-electron chi connectivity index (χ2n) is 1.73. The molecule has 11 heavy (non-hydrogen) atoms. The van der Waals surface area contributed by atoms with Gasteiger partial charge in [-0.25, -0.2) is 0 Å². The third kappa shape index (κ3) is 4.35. The van der Waals surface area contributed by atoms with Crippen LogP contribution >= 0.6 is 38.6 Å². The summed E-state index contributed by atoms with van der Waals surface area (Å²) in [6.07, 6.45) is 0. The molecular weight excluding hydrogens is 240 g/mol. The molecule has 0 spiro atoms. The average Bonchev–Trinajstić information content (AvgIpc) is 2.57. The van der Waals surface area contributed by atoms with Crippen molar-refractivity contribution in [3.8, 4) is 0 Å². The molecule has 0 aliphatic rings. The molecule has 0 fully saturated rings. The molecule has 2 heterocycles. The average molecular weight is 247 g/mol. The second-order valence-corrected chi connectivity index (χ2v) is 4.25. The molecule has 0 atom stereocenters. The number of halogens is 1. The van der Waals surface area contributed by atoms with E-state index < -0.39 is 0 Å². The van der Waals surface area contributed by atoms with E-state index in [0.29, 0.717) is 0 Å². The van der Waals surface area contributed by atoms with Crippen molar-refractivity contribution in [2.24, 2.45) is 0 Å². The van der Waals surface area contributed by atoms with Gasteiger partial charge in [0.25, 0.3) is 0 Å². The summed E-state index contributed by atoms with van der Waals surface area (Å²) in [5.41, 5.74) is 0. The Hall–Kier alpha value is -0.120. The molecule has 0 saturated heterocycles. The lowest BCUT2D eigenvalue weighted by atomic mass is 10.7. The number of hydrogen-bond acceptors (Lipinski definition) is 2. The van der Waals surface area contributed by atoms with E-state index >= 15 is 0 Å². The molecule has 2 rings (SSSR count). The lowest BCUT2D eigenvalue weighted by Gasteiger charge is -1.62. The van der Waals surface area contributed by atoms with Crippen molar-refractivity contribution in [2.75, 3.05) is 0 Å². The lowest BCUT2D eigenvalue weighted by Crippen LogP contribution is -1.34. The summed E-state index contributed by atoms with van der Waals surface area (Å²) in [5.74, 6) is 0. The van der Waals surface area contributed by atoms with Crippen molar-refractivity contribution in [1.82, 2.24) is 0 Å². The van der Waals surface area contributed by atoms with Crippen LogP contribution in [0, 0.1) is 0 Å². The molecule has 0 amide bonds. The quantitative estimate of drug-likeness (QED) is 0.652. The molecule has 0 nitrogen and oxygen atoms in total. The summed E-state index contributed by atoms with van der Waals surface area (Å²) < 4.78 is 1.17. The van der Waals surface area contributed by atoms with E-state index in [1.54, 1.807) is 22.7 Å². The van der Waals surface area contributed by atoms with Gasteiger partial charge in [0.05, 0.1) is 0 Å². The van der Waals surface area contributed by atoms with Crippen LogP contribution in [0.15, 0.2) is 44.2 Å². The summed E-state index contributed by atoms with van der Waals surface area (Å²) in [6, 6.07) is 6.06. The normalized spacial score (nSPS) is 8.45. The summed E-state index contributed by atoms with van der Waals surface area (Å²) >= 11 is 6.70. The second kappa shape index (κ2) is 5.52. The molecular formula is C8H7BrS2. The highest BCUT2D eigenvalue weighted by molar-refractivity contribution is 9.10. The van der Waals surface area contributed by atoms with Crippen molar-refractivity contribution >= 4 is 38.6 Å². The zero-order chi connectivity index (χ0) is 7.94. The summed E-state index contributed by atoms with van der Waals surface area (Å²) in [6.45, 7) is 0. The lowest BCUT2D eigenvalue weighted by molar-refractivity contribution is 1.90. The first-order valence-corrected chi connectivity index (χ1v) is 5.72. The van der Waals surface area contributed by atoms with Gasteiger partial charge >= 0.3 is 0 Å². The maximum atomic E-state index is 3.29. The summed E-state index contributed by atoms with van der Waals surface area (Å²) in [7, 11) is 0. The molecule has 0 radical (unpaired) electrons. The molecule has 2 aromatic heterocycles. The van der Waals surface area contributed by atoms with Gasteiger partial charge in [-0.2, -0.15) is 22.7 Å². The first-order chi connectivity index (χ1) is 5.39. The molecule has 0 aromatic carbocycles. The molecule has 0 unspecified atom stereocenters. The van der Waals surface area contributed by atoms with Crippen LogP contribution in [-0.4, -0.2) is 0 Å². The van der Waals surface area contributed by atoms with Crippen LogP contribution in [0.2, 0.25) is 0 Å². The minimum atomic E-state index is 1.17.